The molecule has 0 fully saturated rings. The normalized spacial score (nSPS) is 11.2. The van der Waals surface area contributed by atoms with E-state index >= 15 is 0 Å². The monoisotopic (exact) mass is 496 g/mol. The molecule has 5 nitrogen and oxygen atoms in total. The molecule has 0 aliphatic carbocycles. The maximum Gasteiger partial charge on any atom is 0.191 e. The molecule has 3 rings (SSSR count). The SMILES string of the molecule is CN=C(NCCc1c[nH]c2cc(C)ccc12)NCc1ccc(OC)c(F)c1.I. The van der Waals surface area contributed by atoms with Gasteiger partial charge in [0.2, 0.25) is 0 Å². The van der Waals surface area contributed by atoms with Gasteiger partial charge in [0.15, 0.2) is 17.5 Å². The number of aryl methyl sites for hydroxylation is 1. The van der Waals surface area contributed by atoms with Gasteiger partial charge in [0.05, 0.1) is 7.11 Å². The largest absolute Gasteiger partial charge is 0.494 e. The third-order valence-corrected chi connectivity index (χ3v) is 4.51. The number of aliphatic imine (C=N–C) groups is 1. The Balaban J connectivity index is 0.00000280. The van der Waals surface area contributed by atoms with E-state index in [1.54, 1.807) is 13.1 Å². The minimum Gasteiger partial charge on any atom is -0.494 e. The van der Waals surface area contributed by atoms with Crippen LogP contribution in [0.5, 0.6) is 5.75 Å². The molecule has 0 aliphatic rings. The van der Waals surface area contributed by atoms with Gasteiger partial charge in [-0.05, 0) is 48.2 Å². The molecule has 0 saturated carbocycles. The highest BCUT2D eigenvalue weighted by molar-refractivity contribution is 14.0. The number of H-pyrrole nitrogens is 1. The van der Waals surface area contributed by atoms with Crippen molar-refractivity contribution in [2.45, 2.75) is 19.9 Å². The maximum atomic E-state index is 13.8. The summed E-state index contributed by atoms with van der Waals surface area (Å²) >= 11 is 0. The predicted octanol–water partition coefficient (Wildman–Crippen LogP) is 4.15. The topological polar surface area (TPSA) is 61.4 Å². The fraction of sp³-hybridized carbons (Fsp3) is 0.286. The van der Waals surface area contributed by atoms with Crippen molar-refractivity contribution in [2.24, 2.45) is 4.99 Å². The van der Waals surface area contributed by atoms with Crippen LogP contribution in [0.25, 0.3) is 10.9 Å². The zero-order valence-electron chi connectivity index (χ0n) is 16.3. The summed E-state index contributed by atoms with van der Waals surface area (Å²) in [5, 5.41) is 7.75. The van der Waals surface area contributed by atoms with E-state index in [-0.39, 0.29) is 35.5 Å². The number of guanidine groups is 1. The standard InChI is InChI=1S/C21H25FN4O.HI/c1-14-4-6-17-16(13-25-19(17)10-14)8-9-24-21(23-2)26-12-15-5-7-20(27-3)18(22)11-15;/h4-7,10-11,13,25H,8-9,12H2,1-3H3,(H2,23,24,26);1H. The summed E-state index contributed by atoms with van der Waals surface area (Å²) < 4.78 is 18.7. The lowest BCUT2D eigenvalue weighted by Crippen LogP contribution is -2.37. The summed E-state index contributed by atoms with van der Waals surface area (Å²) in [5.74, 6) is 0.561. The smallest absolute Gasteiger partial charge is 0.191 e. The Hall–Kier alpha value is -2.29. The van der Waals surface area contributed by atoms with Crippen LogP contribution >= 0.6 is 24.0 Å². The van der Waals surface area contributed by atoms with E-state index in [1.165, 1.54) is 29.7 Å². The van der Waals surface area contributed by atoms with E-state index in [4.69, 9.17) is 4.74 Å². The molecular formula is C21H26FIN4O. The van der Waals surface area contributed by atoms with Gasteiger partial charge in [0.1, 0.15) is 0 Å². The van der Waals surface area contributed by atoms with Gasteiger partial charge < -0.3 is 20.4 Å². The van der Waals surface area contributed by atoms with Crippen molar-refractivity contribution in [1.82, 2.24) is 15.6 Å². The Kier molecular flexibility index (Phi) is 8.10. The molecule has 2 aromatic carbocycles. The van der Waals surface area contributed by atoms with E-state index in [1.807, 2.05) is 6.07 Å². The average Bonchev–Trinajstić information content (AvgIpc) is 3.06. The third kappa shape index (κ3) is 5.37. The van der Waals surface area contributed by atoms with E-state index < -0.39 is 0 Å². The molecule has 1 aromatic heterocycles. The predicted molar refractivity (Wildman–Crippen MR) is 123 cm³/mol. The number of rotatable bonds is 6. The van der Waals surface area contributed by atoms with Crippen LogP contribution in [-0.4, -0.2) is 31.6 Å². The summed E-state index contributed by atoms with van der Waals surface area (Å²) in [6.07, 6.45) is 2.93. The molecule has 0 aliphatic heterocycles. The highest BCUT2D eigenvalue weighted by Gasteiger charge is 2.06. The Morgan fingerprint density at radius 1 is 1.18 bits per heavy atom. The number of hydrogen-bond acceptors (Lipinski definition) is 2. The van der Waals surface area contributed by atoms with Gasteiger partial charge in [-0.3, -0.25) is 4.99 Å². The van der Waals surface area contributed by atoms with E-state index in [0.717, 1.165) is 24.0 Å². The number of ether oxygens (including phenoxy) is 1. The summed E-state index contributed by atoms with van der Waals surface area (Å²) in [5.41, 5.74) is 4.50. The zero-order chi connectivity index (χ0) is 19.2. The Morgan fingerprint density at radius 2 is 2.00 bits per heavy atom. The number of nitrogens with one attached hydrogen (secondary N) is 3. The zero-order valence-corrected chi connectivity index (χ0v) is 18.6. The van der Waals surface area contributed by atoms with Gasteiger partial charge >= 0.3 is 0 Å². The molecule has 0 spiro atoms. The summed E-state index contributed by atoms with van der Waals surface area (Å²) in [6.45, 7) is 3.32. The quantitative estimate of drug-likeness (QED) is 0.273. The van der Waals surface area contributed by atoms with Gasteiger partial charge in [0.25, 0.3) is 0 Å². The van der Waals surface area contributed by atoms with Crippen LogP contribution in [0, 0.1) is 12.7 Å². The van der Waals surface area contributed by atoms with Gasteiger partial charge in [-0.2, -0.15) is 0 Å². The van der Waals surface area contributed by atoms with Crippen LogP contribution < -0.4 is 15.4 Å². The first kappa shape index (κ1) is 22.0. The minimum absolute atomic E-state index is 0. The van der Waals surface area contributed by atoms with Crippen molar-refractivity contribution >= 4 is 40.8 Å². The third-order valence-electron chi connectivity index (χ3n) is 4.51. The van der Waals surface area contributed by atoms with Crippen LogP contribution in [-0.2, 0) is 13.0 Å². The second kappa shape index (κ2) is 10.3. The number of aromatic nitrogens is 1. The molecule has 28 heavy (non-hydrogen) atoms. The Bertz CT molecular complexity index is 955. The van der Waals surface area contributed by atoms with Crippen molar-refractivity contribution < 1.29 is 9.13 Å². The van der Waals surface area contributed by atoms with Gasteiger partial charge in [-0.15, -0.1) is 24.0 Å². The van der Waals surface area contributed by atoms with Crippen LogP contribution in [0.1, 0.15) is 16.7 Å². The Labute approximate surface area is 181 Å². The molecule has 0 amide bonds. The Morgan fingerprint density at radius 3 is 2.71 bits per heavy atom. The van der Waals surface area contributed by atoms with Crippen molar-refractivity contribution in [3.63, 3.8) is 0 Å². The van der Waals surface area contributed by atoms with Crippen LogP contribution in [0.2, 0.25) is 0 Å². The van der Waals surface area contributed by atoms with Crippen molar-refractivity contribution in [3.05, 3.63) is 65.1 Å². The highest BCUT2D eigenvalue weighted by Crippen LogP contribution is 2.20. The molecule has 7 heteroatoms. The van der Waals surface area contributed by atoms with E-state index in [0.29, 0.717) is 12.5 Å². The molecule has 0 unspecified atom stereocenters. The van der Waals surface area contributed by atoms with Gasteiger partial charge in [-0.1, -0.05) is 18.2 Å². The number of fused-ring (bicyclic) bond motifs is 1. The van der Waals surface area contributed by atoms with Crippen molar-refractivity contribution in [3.8, 4) is 5.75 Å². The van der Waals surface area contributed by atoms with Crippen LogP contribution in [0.15, 0.2) is 47.6 Å². The molecule has 150 valence electrons. The molecule has 0 saturated heterocycles. The number of aromatic amines is 1. The first-order valence-corrected chi connectivity index (χ1v) is 8.94. The lowest BCUT2D eigenvalue weighted by molar-refractivity contribution is 0.386. The maximum absolute atomic E-state index is 13.8. The average molecular weight is 496 g/mol. The highest BCUT2D eigenvalue weighted by atomic mass is 127. The van der Waals surface area contributed by atoms with Crippen LogP contribution in [0.3, 0.4) is 0 Å². The lowest BCUT2D eigenvalue weighted by atomic mass is 10.1. The summed E-state index contributed by atoms with van der Waals surface area (Å²) in [4.78, 5) is 7.54. The van der Waals surface area contributed by atoms with Gasteiger partial charge in [-0.25, -0.2) is 4.39 Å². The van der Waals surface area contributed by atoms with Crippen molar-refractivity contribution in [1.29, 1.82) is 0 Å². The van der Waals surface area contributed by atoms with E-state index in [2.05, 4.69) is 51.9 Å². The second-order valence-electron chi connectivity index (χ2n) is 6.43. The fourth-order valence-corrected chi connectivity index (χ4v) is 3.05. The number of nitrogens with zero attached hydrogens (tertiary/aromatic N) is 1. The number of hydrogen-bond donors (Lipinski definition) is 3. The summed E-state index contributed by atoms with van der Waals surface area (Å²) in [7, 11) is 3.18. The molecule has 0 atom stereocenters. The number of halogens is 2. The van der Waals surface area contributed by atoms with Gasteiger partial charge in [0, 0.05) is 37.2 Å². The number of benzene rings is 2. The molecule has 3 aromatic rings. The molecule has 3 N–H and O–H groups in total. The van der Waals surface area contributed by atoms with Crippen LogP contribution in [0.4, 0.5) is 4.39 Å². The molecular weight excluding hydrogens is 470 g/mol. The fourth-order valence-electron chi connectivity index (χ4n) is 3.05. The first-order valence-electron chi connectivity index (χ1n) is 8.94. The number of methoxy groups -OCH3 is 1. The van der Waals surface area contributed by atoms with Crippen molar-refractivity contribution in [2.75, 3.05) is 20.7 Å². The lowest BCUT2D eigenvalue weighted by Gasteiger charge is -2.12. The first-order chi connectivity index (χ1) is 13.1. The molecule has 1 heterocycles. The van der Waals surface area contributed by atoms with E-state index in [9.17, 15) is 4.39 Å². The molecule has 0 radical (unpaired) electrons. The molecule has 0 bridgehead atoms. The second-order valence-corrected chi connectivity index (χ2v) is 6.43. The minimum atomic E-state index is -0.366. The summed E-state index contributed by atoms with van der Waals surface area (Å²) in [6, 6.07) is 11.4.